The lowest BCUT2D eigenvalue weighted by Gasteiger charge is -2.53. The molecule has 4 nitrogen and oxygen atoms in total. The van der Waals surface area contributed by atoms with Crippen molar-refractivity contribution in [3.8, 4) is 0 Å². The number of alkyl halides is 1. The van der Waals surface area contributed by atoms with Crippen LogP contribution in [0.25, 0.3) is 0 Å². The van der Waals surface area contributed by atoms with E-state index in [4.69, 9.17) is 4.74 Å². The van der Waals surface area contributed by atoms with Gasteiger partial charge in [-0.25, -0.2) is 9.18 Å². The summed E-state index contributed by atoms with van der Waals surface area (Å²) in [6.07, 6.45) is -0.676. The quantitative estimate of drug-likeness (QED) is 0.725. The molecular formula is C13H22FNO3. The van der Waals surface area contributed by atoms with Crippen LogP contribution in [0.15, 0.2) is 0 Å². The number of hydrogen-bond donors (Lipinski definition) is 1. The summed E-state index contributed by atoms with van der Waals surface area (Å²) in [5, 5.41) is 9.38. The number of carbonyl (C=O) groups is 1. The van der Waals surface area contributed by atoms with Crippen LogP contribution in [0.1, 0.15) is 40.0 Å². The second-order valence-electron chi connectivity index (χ2n) is 6.66. The Morgan fingerprint density at radius 3 is 2.56 bits per heavy atom. The van der Waals surface area contributed by atoms with Crippen LogP contribution >= 0.6 is 0 Å². The molecule has 1 aliphatic carbocycles. The van der Waals surface area contributed by atoms with Gasteiger partial charge in [-0.05, 0) is 40.0 Å². The normalized spacial score (nSPS) is 31.1. The van der Waals surface area contributed by atoms with E-state index in [9.17, 15) is 14.3 Å². The van der Waals surface area contributed by atoms with Gasteiger partial charge in [0, 0.05) is 18.5 Å². The van der Waals surface area contributed by atoms with E-state index in [-0.39, 0.29) is 11.5 Å². The van der Waals surface area contributed by atoms with Crippen LogP contribution in [0.3, 0.4) is 0 Å². The van der Waals surface area contributed by atoms with E-state index < -0.39 is 17.9 Å². The van der Waals surface area contributed by atoms with Gasteiger partial charge in [0.2, 0.25) is 0 Å². The number of likely N-dealkylation sites (tertiary alicyclic amines) is 1. The summed E-state index contributed by atoms with van der Waals surface area (Å²) in [6, 6.07) is 0. The first kappa shape index (κ1) is 13.6. The third kappa shape index (κ3) is 2.76. The molecule has 2 aliphatic rings. The molecule has 0 aromatic rings. The maximum absolute atomic E-state index is 13.5. The molecule has 2 atom stereocenters. The molecule has 1 saturated carbocycles. The first-order valence-electron chi connectivity index (χ1n) is 6.51. The molecule has 1 heterocycles. The van der Waals surface area contributed by atoms with Crippen LogP contribution in [-0.2, 0) is 4.74 Å². The van der Waals surface area contributed by atoms with E-state index in [1.165, 1.54) is 0 Å². The van der Waals surface area contributed by atoms with Crippen LogP contribution in [0.2, 0.25) is 0 Å². The minimum Gasteiger partial charge on any atom is -0.444 e. The maximum Gasteiger partial charge on any atom is 0.410 e. The Labute approximate surface area is 107 Å². The van der Waals surface area contributed by atoms with Crippen LogP contribution in [-0.4, -0.2) is 47.1 Å². The number of hydrogen-bond acceptors (Lipinski definition) is 3. The molecule has 0 aromatic carbocycles. The van der Waals surface area contributed by atoms with Crippen molar-refractivity contribution in [3.05, 3.63) is 0 Å². The zero-order valence-corrected chi connectivity index (χ0v) is 11.3. The largest absolute Gasteiger partial charge is 0.444 e. The Morgan fingerprint density at radius 2 is 2.06 bits per heavy atom. The molecule has 1 saturated heterocycles. The van der Waals surface area contributed by atoms with Crippen molar-refractivity contribution in [2.75, 3.05) is 13.1 Å². The molecule has 0 bridgehead atoms. The van der Waals surface area contributed by atoms with Crippen molar-refractivity contribution in [2.24, 2.45) is 5.41 Å². The summed E-state index contributed by atoms with van der Waals surface area (Å²) < 4.78 is 18.8. The minimum atomic E-state index is -1.15. The molecule has 1 spiro atoms. The van der Waals surface area contributed by atoms with Crippen molar-refractivity contribution in [1.29, 1.82) is 0 Å². The number of aliphatic hydroxyl groups excluding tert-OH is 1. The molecule has 2 fully saturated rings. The van der Waals surface area contributed by atoms with E-state index in [1.54, 1.807) is 4.90 Å². The summed E-state index contributed by atoms with van der Waals surface area (Å²) in [5.74, 6) is 0. The van der Waals surface area contributed by atoms with Gasteiger partial charge in [-0.2, -0.15) is 0 Å². The van der Waals surface area contributed by atoms with Gasteiger partial charge in [0.25, 0.3) is 0 Å². The molecule has 1 N–H and O–H groups in total. The standard InChI is InChI=1S/C13H22FNO3/c1-12(2,3)18-11(17)15-7-13(8-15)5-4-10(16)9(14)6-13/h9-10,16H,4-8H2,1-3H3. The maximum atomic E-state index is 13.5. The van der Waals surface area contributed by atoms with Crippen molar-refractivity contribution in [2.45, 2.75) is 57.9 Å². The first-order valence-corrected chi connectivity index (χ1v) is 6.51. The molecule has 1 amide bonds. The summed E-state index contributed by atoms with van der Waals surface area (Å²) in [6.45, 7) is 6.59. The number of nitrogens with zero attached hydrogens (tertiary/aromatic N) is 1. The highest BCUT2D eigenvalue weighted by Crippen LogP contribution is 2.45. The molecule has 0 radical (unpaired) electrons. The van der Waals surface area contributed by atoms with Gasteiger partial charge in [0.15, 0.2) is 0 Å². The highest BCUT2D eigenvalue weighted by molar-refractivity contribution is 5.69. The molecule has 5 heteroatoms. The van der Waals surface area contributed by atoms with Gasteiger partial charge < -0.3 is 14.7 Å². The van der Waals surface area contributed by atoms with E-state index in [1.807, 2.05) is 20.8 Å². The third-order valence-corrected chi connectivity index (χ3v) is 3.72. The molecule has 104 valence electrons. The molecule has 1 aliphatic heterocycles. The average Bonchev–Trinajstić information content (AvgIpc) is 2.16. The third-order valence-electron chi connectivity index (χ3n) is 3.72. The van der Waals surface area contributed by atoms with Crippen LogP contribution in [0, 0.1) is 5.41 Å². The predicted octanol–water partition coefficient (Wildman–Crippen LogP) is 2.11. The second-order valence-corrected chi connectivity index (χ2v) is 6.66. The van der Waals surface area contributed by atoms with Crippen molar-refractivity contribution in [3.63, 3.8) is 0 Å². The molecule has 2 rings (SSSR count). The zero-order chi connectivity index (χ0) is 13.6. The van der Waals surface area contributed by atoms with Crippen molar-refractivity contribution in [1.82, 2.24) is 4.90 Å². The Morgan fingerprint density at radius 1 is 1.44 bits per heavy atom. The monoisotopic (exact) mass is 259 g/mol. The van der Waals surface area contributed by atoms with E-state index >= 15 is 0 Å². The summed E-state index contributed by atoms with van der Waals surface area (Å²) in [7, 11) is 0. The number of amides is 1. The average molecular weight is 259 g/mol. The highest BCUT2D eigenvalue weighted by Gasteiger charge is 2.50. The van der Waals surface area contributed by atoms with Crippen molar-refractivity contribution < 1.29 is 19.0 Å². The lowest BCUT2D eigenvalue weighted by Crippen LogP contribution is -2.62. The summed E-state index contributed by atoms with van der Waals surface area (Å²) in [4.78, 5) is 13.4. The van der Waals surface area contributed by atoms with Crippen LogP contribution in [0.5, 0.6) is 0 Å². The van der Waals surface area contributed by atoms with E-state index in [0.29, 0.717) is 25.9 Å². The van der Waals surface area contributed by atoms with Gasteiger partial charge in [0.1, 0.15) is 11.8 Å². The smallest absolute Gasteiger partial charge is 0.410 e. The lowest BCUT2D eigenvalue weighted by molar-refractivity contribution is -0.0890. The Hall–Kier alpha value is -0.840. The molecule has 0 aromatic heterocycles. The zero-order valence-electron chi connectivity index (χ0n) is 11.3. The lowest BCUT2D eigenvalue weighted by atomic mass is 9.67. The summed E-state index contributed by atoms with van der Waals surface area (Å²) >= 11 is 0. The topological polar surface area (TPSA) is 49.8 Å². The summed E-state index contributed by atoms with van der Waals surface area (Å²) in [5.41, 5.74) is -0.624. The Balaban J connectivity index is 1.85. The van der Waals surface area contributed by atoms with Crippen molar-refractivity contribution >= 4 is 6.09 Å². The highest BCUT2D eigenvalue weighted by atomic mass is 19.1. The molecular weight excluding hydrogens is 237 g/mol. The fraction of sp³-hybridized carbons (Fsp3) is 0.923. The fourth-order valence-corrected chi connectivity index (χ4v) is 2.79. The van der Waals surface area contributed by atoms with E-state index in [0.717, 1.165) is 6.42 Å². The predicted molar refractivity (Wildman–Crippen MR) is 65.0 cm³/mol. The Kier molecular flexibility index (Phi) is 3.30. The number of carbonyl (C=O) groups excluding carboxylic acids is 1. The second kappa shape index (κ2) is 4.37. The van der Waals surface area contributed by atoms with Gasteiger partial charge in [-0.1, -0.05) is 0 Å². The number of halogens is 1. The fourth-order valence-electron chi connectivity index (χ4n) is 2.79. The first-order chi connectivity index (χ1) is 8.21. The van der Waals surface area contributed by atoms with Gasteiger partial charge in [0.05, 0.1) is 6.10 Å². The van der Waals surface area contributed by atoms with Crippen LogP contribution in [0.4, 0.5) is 9.18 Å². The van der Waals surface area contributed by atoms with Gasteiger partial charge in [-0.15, -0.1) is 0 Å². The van der Waals surface area contributed by atoms with Crippen LogP contribution < -0.4 is 0 Å². The Bertz CT molecular complexity index is 334. The minimum absolute atomic E-state index is 0.129. The van der Waals surface area contributed by atoms with Gasteiger partial charge in [-0.3, -0.25) is 0 Å². The molecule has 2 unspecified atom stereocenters. The van der Waals surface area contributed by atoms with E-state index in [2.05, 4.69) is 0 Å². The number of aliphatic hydroxyl groups is 1. The SMILES string of the molecule is CC(C)(C)OC(=O)N1CC2(CCC(O)C(F)C2)C1. The number of rotatable bonds is 0. The van der Waals surface area contributed by atoms with Gasteiger partial charge >= 0.3 is 6.09 Å². The molecule has 18 heavy (non-hydrogen) atoms. The number of ether oxygens (including phenoxy) is 1.